The third-order valence-corrected chi connectivity index (χ3v) is 4.99. The Labute approximate surface area is 159 Å². The summed E-state index contributed by atoms with van der Waals surface area (Å²) in [4.78, 5) is 36.0. The molecule has 1 aromatic carbocycles. The van der Waals surface area contributed by atoms with E-state index in [0.29, 0.717) is 24.8 Å². The lowest BCUT2D eigenvalue weighted by atomic mass is 9.89. The first-order valence-corrected chi connectivity index (χ1v) is 9.38. The normalized spacial score (nSPS) is 20.7. The smallest absolute Gasteiger partial charge is 0.326 e. The molecule has 146 valence electrons. The molecule has 0 spiro atoms. The summed E-state index contributed by atoms with van der Waals surface area (Å²) in [7, 11) is 0. The lowest BCUT2D eigenvalue weighted by Gasteiger charge is -2.19. The number of phenolic OH excluding ortho intramolecular Hbond substituents is 1. The minimum absolute atomic E-state index is 0.0397. The summed E-state index contributed by atoms with van der Waals surface area (Å²) >= 11 is 0. The van der Waals surface area contributed by atoms with Gasteiger partial charge in [0.15, 0.2) is 0 Å². The van der Waals surface area contributed by atoms with Crippen molar-refractivity contribution in [1.29, 1.82) is 0 Å². The van der Waals surface area contributed by atoms with E-state index >= 15 is 0 Å². The Morgan fingerprint density at radius 3 is 2.59 bits per heavy atom. The number of benzene rings is 1. The number of allylic oxidation sites excluding steroid dienone is 2. The number of aromatic hydroxyl groups is 1. The summed E-state index contributed by atoms with van der Waals surface area (Å²) in [6.45, 7) is 2.03. The number of carbonyl (C=O) groups excluding carboxylic acids is 2. The fraction of sp³-hybridized carbons (Fsp3) is 0.476. The van der Waals surface area contributed by atoms with Gasteiger partial charge in [-0.2, -0.15) is 0 Å². The highest BCUT2D eigenvalue weighted by molar-refractivity contribution is 5.87. The van der Waals surface area contributed by atoms with Crippen molar-refractivity contribution in [2.24, 2.45) is 11.8 Å². The number of Topliss-reactive ketones (excluding diaryl/α,β-unsaturated/α-hetero) is 1. The van der Waals surface area contributed by atoms with Gasteiger partial charge in [0, 0.05) is 25.2 Å². The van der Waals surface area contributed by atoms with Gasteiger partial charge in [0.1, 0.15) is 17.6 Å². The number of rotatable bonds is 9. The molecule has 27 heavy (non-hydrogen) atoms. The molecule has 3 atom stereocenters. The number of carboxylic acid groups (broad SMARTS) is 1. The summed E-state index contributed by atoms with van der Waals surface area (Å²) in [5.74, 6) is -1.36. The number of amides is 1. The summed E-state index contributed by atoms with van der Waals surface area (Å²) < 4.78 is 0. The van der Waals surface area contributed by atoms with Gasteiger partial charge < -0.3 is 15.5 Å². The van der Waals surface area contributed by atoms with Gasteiger partial charge in [-0.05, 0) is 42.9 Å². The monoisotopic (exact) mass is 373 g/mol. The average Bonchev–Trinajstić information content (AvgIpc) is 2.96. The van der Waals surface area contributed by atoms with Crippen LogP contribution in [0, 0.1) is 11.8 Å². The van der Waals surface area contributed by atoms with Crippen molar-refractivity contribution < 1.29 is 24.6 Å². The Bertz CT molecular complexity index is 695. The van der Waals surface area contributed by atoms with Crippen LogP contribution in [-0.4, -0.2) is 33.9 Å². The van der Waals surface area contributed by atoms with E-state index in [2.05, 4.69) is 5.32 Å². The van der Waals surface area contributed by atoms with Crippen LogP contribution in [0.2, 0.25) is 0 Å². The van der Waals surface area contributed by atoms with E-state index in [0.717, 1.165) is 6.42 Å². The molecule has 6 nitrogen and oxygen atoms in total. The molecule has 3 N–H and O–H groups in total. The van der Waals surface area contributed by atoms with Gasteiger partial charge >= 0.3 is 5.97 Å². The zero-order valence-electron chi connectivity index (χ0n) is 15.6. The second kappa shape index (κ2) is 9.90. The molecule has 1 aliphatic rings. The SMILES string of the molecule is CC/C=C/C[C@H]1C(=O)CC[C@@H]1CC(=O)N[C@@H](Cc1ccc(O)cc1)C(=O)O. The number of ketones is 1. The van der Waals surface area contributed by atoms with Crippen LogP contribution >= 0.6 is 0 Å². The Balaban J connectivity index is 1.94. The van der Waals surface area contributed by atoms with Gasteiger partial charge in [0.2, 0.25) is 5.91 Å². The van der Waals surface area contributed by atoms with E-state index in [1.54, 1.807) is 12.1 Å². The highest BCUT2D eigenvalue weighted by Crippen LogP contribution is 2.34. The van der Waals surface area contributed by atoms with Gasteiger partial charge in [-0.15, -0.1) is 0 Å². The Kier molecular flexibility index (Phi) is 7.58. The lowest BCUT2D eigenvalue weighted by molar-refractivity contribution is -0.142. The molecular formula is C21H27NO5. The van der Waals surface area contributed by atoms with Crippen molar-refractivity contribution in [3.05, 3.63) is 42.0 Å². The maximum atomic E-state index is 12.4. The number of carbonyl (C=O) groups is 3. The number of aliphatic carboxylic acids is 1. The van der Waals surface area contributed by atoms with Crippen LogP contribution < -0.4 is 5.32 Å². The summed E-state index contributed by atoms with van der Waals surface area (Å²) in [5, 5.41) is 21.3. The van der Waals surface area contributed by atoms with Crippen LogP contribution in [0.15, 0.2) is 36.4 Å². The summed E-state index contributed by atoms with van der Waals surface area (Å²) in [6.07, 6.45) is 7.00. The van der Waals surface area contributed by atoms with E-state index in [1.165, 1.54) is 12.1 Å². The third kappa shape index (κ3) is 6.24. The summed E-state index contributed by atoms with van der Waals surface area (Å²) in [6, 6.07) is 5.17. The maximum Gasteiger partial charge on any atom is 0.326 e. The minimum atomic E-state index is -1.11. The molecule has 1 aliphatic carbocycles. The van der Waals surface area contributed by atoms with Crippen molar-refractivity contribution in [3.8, 4) is 5.75 Å². The van der Waals surface area contributed by atoms with Crippen LogP contribution in [0.4, 0.5) is 0 Å². The molecule has 1 amide bonds. The molecule has 6 heteroatoms. The Morgan fingerprint density at radius 1 is 1.26 bits per heavy atom. The zero-order valence-corrected chi connectivity index (χ0v) is 15.6. The standard InChI is InChI=1S/C21H27NO5/c1-2-3-4-5-17-15(8-11-19(17)24)13-20(25)22-18(21(26)27)12-14-6-9-16(23)10-7-14/h3-4,6-7,9-10,15,17-18,23H,2,5,8,11-13H2,1H3,(H,22,25)(H,26,27)/b4-3+/t15-,17-,18+/m1/s1. The fourth-order valence-electron chi connectivity index (χ4n) is 3.51. The molecule has 0 radical (unpaired) electrons. The van der Waals surface area contributed by atoms with Crippen molar-refractivity contribution in [3.63, 3.8) is 0 Å². The lowest BCUT2D eigenvalue weighted by Crippen LogP contribution is -2.43. The van der Waals surface area contributed by atoms with E-state index in [1.807, 2.05) is 19.1 Å². The molecule has 0 aliphatic heterocycles. The number of nitrogens with one attached hydrogen (secondary N) is 1. The predicted octanol–water partition coefficient (Wildman–Crippen LogP) is 2.85. The topological polar surface area (TPSA) is 104 Å². The molecule has 0 saturated heterocycles. The second-order valence-electron chi connectivity index (χ2n) is 7.02. The quantitative estimate of drug-likeness (QED) is 0.578. The third-order valence-electron chi connectivity index (χ3n) is 4.99. The first kappa shape index (κ1) is 20.7. The molecular weight excluding hydrogens is 346 g/mol. The molecule has 1 fully saturated rings. The molecule has 1 aromatic rings. The van der Waals surface area contributed by atoms with E-state index in [9.17, 15) is 24.6 Å². The summed E-state index contributed by atoms with van der Waals surface area (Å²) in [5.41, 5.74) is 0.708. The van der Waals surface area contributed by atoms with Crippen LogP contribution in [0.3, 0.4) is 0 Å². The van der Waals surface area contributed by atoms with Crippen molar-refractivity contribution in [2.75, 3.05) is 0 Å². The number of hydrogen-bond donors (Lipinski definition) is 3. The molecule has 0 heterocycles. The number of carboxylic acids is 1. The fourth-order valence-corrected chi connectivity index (χ4v) is 3.51. The van der Waals surface area contributed by atoms with Crippen LogP contribution in [0.1, 0.15) is 44.6 Å². The highest BCUT2D eigenvalue weighted by Gasteiger charge is 2.35. The van der Waals surface area contributed by atoms with E-state index in [4.69, 9.17) is 0 Å². The molecule has 2 rings (SSSR count). The van der Waals surface area contributed by atoms with E-state index < -0.39 is 12.0 Å². The second-order valence-corrected chi connectivity index (χ2v) is 7.02. The maximum absolute atomic E-state index is 12.4. The van der Waals surface area contributed by atoms with Crippen molar-refractivity contribution in [1.82, 2.24) is 5.32 Å². The minimum Gasteiger partial charge on any atom is -0.508 e. The molecule has 1 saturated carbocycles. The van der Waals surface area contributed by atoms with Crippen LogP contribution in [-0.2, 0) is 20.8 Å². The first-order chi connectivity index (χ1) is 12.9. The van der Waals surface area contributed by atoms with E-state index in [-0.39, 0.29) is 42.1 Å². The number of phenols is 1. The van der Waals surface area contributed by atoms with Crippen LogP contribution in [0.25, 0.3) is 0 Å². The largest absolute Gasteiger partial charge is 0.508 e. The Morgan fingerprint density at radius 2 is 1.96 bits per heavy atom. The Hall–Kier alpha value is -2.63. The predicted molar refractivity (Wildman–Crippen MR) is 101 cm³/mol. The van der Waals surface area contributed by atoms with Gasteiger partial charge in [-0.1, -0.05) is 31.2 Å². The molecule has 0 bridgehead atoms. The molecule has 0 unspecified atom stereocenters. The van der Waals surface area contributed by atoms with Gasteiger partial charge in [-0.25, -0.2) is 4.79 Å². The van der Waals surface area contributed by atoms with Gasteiger partial charge in [-0.3, -0.25) is 9.59 Å². The molecule has 0 aromatic heterocycles. The van der Waals surface area contributed by atoms with Gasteiger partial charge in [0.25, 0.3) is 0 Å². The average molecular weight is 373 g/mol. The van der Waals surface area contributed by atoms with Crippen molar-refractivity contribution in [2.45, 2.75) is 51.5 Å². The van der Waals surface area contributed by atoms with Crippen molar-refractivity contribution >= 4 is 17.7 Å². The zero-order chi connectivity index (χ0) is 19.8. The van der Waals surface area contributed by atoms with Crippen LogP contribution in [0.5, 0.6) is 5.75 Å². The number of hydrogen-bond acceptors (Lipinski definition) is 4. The highest BCUT2D eigenvalue weighted by atomic mass is 16.4. The first-order valence-electron chi connectivity index (χ1n) is 9.38. The van der Waals surface area contributed by atoms with Gasteiger partial charge in [0.05, 0.1) is 0 Å².